The highest BCUT2D eigenvalue weighted by atomic mass is 19.1. The average Bonchev–Trinajstić information content (AvgIpc) is 3.78. The van der Waals surface area contributed by atoms with E-state index >= 15 is 0 Å². The number of halogens is 1. The summed E-state index contributed by atoms with van der Waals surface area (Å²) in [4.78, 5) is 41.4. The Balaban J connectivity index is 1.36. The Hall–Kier alpha value is -3.76. The van der Waals surface area contributed by atoms with E-state index in [1.54, 1.807) is 30.1 Å². The summed E-state index contributed by atoms with van der Waals surface area (Å²) in [7, 11) is 0. The number of pyridine rings is 1. The molecule has 5 rings (SSSR count). The third-order valence-electron chi connectivity index (χ3n) is 7.29. The van der Waals surface area contributed by atoms with Crippen LogP contribution in [0.1, 0.15) is 74.6 Å². The molecule has 3 N–H and O–H groups in total. The SMILES string of the molecule is CC(c1cc(F)c[nH]c1=O)n1cc(NC(=O)C(NC(=O)c2ccnn2C(C)C)C(C2CC2)C2CC2)cn1. The number of H-pyrrole nitrogens is 1. The van der Waals surface area contributed by atoms with Crippen LogP contribution in [0.15, 0.2) is 41.7 Å². The predicted octanol–water partition coefficient (Wildman–Crippen LogP) is 3.27. The summed E-state index contributed by atoms with van der Waals surface area (Å²) in [6, 6.07) is 1.58. The van der Waals surface area contributed by atoms with Crippen molar-refractivity contribution in [3.05, 3.63) is 64.3 Å². The molecule has 0 bridgehead atoms. The molecule has 3 aromatic heterocycles. The van der Waals surface area contributed by atoms with E-state index in [-0.39, 0.29) is 29.3 Å². The smallest absolute Gasteiger partial charge is 0.270 e. The summed E-state index contributed by atoms with van der Waals surface area (Å²) >= 11 is 0. The quantitative estimate of drug-likeness (QED) is 0.387. The van der Waals surface area contributed by atoms with Crippen molar-refractivity contribution in [1.29, 1.82) is 0 Å². The molecular formula is C26H32FN7O3. The van der Waals surface area contributed by atoms with Crippen LogP contribution >= 0.6 is 0 Å². The van der Waals surface area contributed by atoms with E-state index in [0.717, 1.165) is 31.9 Å². The Kier molecular flexibility index (Phi) is 6.70. The molecule has 0 aliphatic heterocycles. The molecule has 0 saturated heterocycles. The Morgan fingerprint density at radius 3 is 2.49 bits per heavy atom. The summed E-state index contributed by atoms with van der Waals surface area (Å²) in [6.45, 7) is 5.61. The standard InChI is InChI=1S/C26H32FN7O3/c1-14(2)34-21(8-9-29-34)25(36)32-23(22(16-4-5-16)17-6-7-17)26(37)31-19-12-30-33(13-19)15(3)20-10-18(27)11-28-24(20)35/h8-17,22-23H,4-7H2,1-3H3,(H,28,35)(H,31,37)(H,32,36). The second kappa shape index (κ2) is 9.95. The molecule has 2 atom stereocenters. The first-order valence-electron chi connectivity index (χ1n) is 12.8. The first kappa shape index (κ1) is 24.9. The fraction of sp³-hybridized carbons (Fsp3) is 0.500. The van der Waals surface area contributed by atoms with Gasteiger partial charge in [-0.05, 0) is 76.3 Å². The van der Waals surface area contributed by atoms with Crippen LogP contribution in [-0.2, 0) is 4.79 Å². The Morgan fingerprint density at radius 1 is 1.14 bits per heavy atom. The van der Waals surface area contributed by atoms with Gasteiger partial charge >= 0.3 is 0 Å². The van der Waals surface area contributed by atoms with E-state index in [1.807, 2.05) is 13.8 Å². The Morgan fingerprint density at radius 2 is 1.84 bits per heavy atom. The molecule has 0 radical (unpaired) electrons. The van der Waals surface area contributed by atoms with Gasteiger partial charge < -0.3 is 15.6 Å². The van der Waals surface area contributed by atoms with Crippen molar-refractivity contribution in [3.63, 3.8) is 0 Å². The number of aromatic nitrogens is 5. The van der Waals surface area contributed by atoms with E-state index in [2.05, 4.69) is 25.8 Å². The van der Waals surface area contributed by atoms with Crippen molar-refractivity contribution < 1.29 is 14.0 Å². The van der Waals surface area contributed by atoms with Crippen molar-refractivity contribution in [2.75, 3.05) is 5.32 Å². The maximum absolute atomic E-state index is 13.7. The van der Waals surface area contributed by atoms with Crippen molar-refractivity contribution in [2.24, 2.45) is 17.8 Å². The fourth-order valence-corrected chi connectivity index (χ4v) is 5.11. The number of nitrogens with zero attached hydrogens (tertiary/aromatic N) is 4. The molecule has 0 spiro atoms. The molecule has 2 amide bonds. The molecule has 2 aliphatic rings. The first-order chi connectivity index (χ1) is 17.7. The second-order valence-electron chi connectivity index (χ2n) is 10.4. The van der Waals surface area contributed by atoms with E-state index in [9.17, 15) is 18.8 Å². The van der Waals surface area contributed by atoms with Gasteiger partial charge in [-0.1, -0.05) is 0 Å². The summed E-state index contributed by atoms with van der Waals surface area (Å²) in [5.41, 5.74) is 0.659. The van der Waals surface area contributed by atoms with Crippen molar-refractivity contribution in [2.45, 2.75) is 64.6 Å². The highest BCUT2D eigenvalue weighted by Crippen LogP contribution is 2.51. The van der Waals surface area contributed by atoms with Crippen LogP contribution in [0.2, 0.25) is 0 Å². The Labute approximate surface area is 213 Å². The lowest BCUT2D eigenvalue weighted by Gasteiger charge is -2.27. The maximum atomic E-state index is 13.7. The molecule has 3 aromatic rings. The fourth-order valence-electron chi connectivity index (χ4n) is 5.11. The minimum absolute atomic E-state index is 0.00356. The molecule has 196 valence electrons. The van der Waals surface area contributed by atoms with Crippen LogP contribution in [0.25, 0.3) is 0 Å². The average molecular weight is 510 g/mol. The summed E-state index contributed by atoms with van der Waals surface area (Å²) in [5, 5.41) is 14.5. The largest absolute Gasteiger partial charge is 0.339 e. The van der Waals surface area contributed by atoms with Gasteiger partial charge in [0.25, 0.3) is 11.5 Å². The third-order valence-corrected chi connectivity index (χ3v) is 7.29. The predicted molar refractivity (Wildman–Crippen MR) is 134 cm³/mol. The van der Waals surface area contributed by atoms with Gasteiger partial charge in [-0.2, -0.15) is 10.2 Å². The van der Waals surface area contributed by atoms with Gasteiger partial charge in [0, 0.05) is 30.2 Å². The maximum Gasteiger partial charge on any atom is 0.270 e. The molecular weight excluding hydrogens is 477 g/mol. The molecule has 10 nitrogen and oxygen atoms in total. The van der Waals surface area contributed by atoms with E-state index in [4.69, 9.17) is 0 Å². The van der Waals surface area contributed by atoms with Gasteiger partial charge in [0.1, 0.15) is 17.6 Å². The number of rotatable bonds is 10. The highest BCUT2D eigenvalue weighted by molar-refractivity contribution is 6.00. The lowest BCUT2D eigenvalue weighted by atomic mass is 9.88. The summed E-state index contributed by atoms with van der Waals surface area (Å²) in [6.07, 6.45) is 9.91. The first-order valence-corrected chi connectivity index (χ1v) is 12.8. The number of nitrogens with one attached hydrogen (secondary N) is 3. The van der Waals surface area contributed by atoms with Crippen LogP contribution in [0.5, 0.6) is 0 Å². The van der Waals surface area contributed by atoms with Crippen LogP contribution in [-0.4, -0.2) is 42.4 Å². The van der Waals surface area contributed by atoms with Crippen LogP contribution in [0.3, 0.4) is 0 Å². The highest BCUT2D eigenvalue weighted by Gasteiger charge is 2.48. The van der Waals surface area contributed by atoms with Gasteiger partial charge in [-0.25, -0.2) is 4.39 Å². The zero-order valence-corrected chi connectivity index (χ0v) is 21.1. The van der Waals surface area contributed by atoms with Gasteiger partial charge in [-0.15, -0.1) is 0 Å². The van der Waals surface area contributed by atoms with Gasteiger partial charge in [0.05, 0.1) is 17.9 Å². The topological polar surface area (TPSA) is 127 Å². The zero-order valence-electron chi connectivity index (χ0n) is 21.1. The molecule has 11 heteroatoms. The van der Waals surface area contributed by atoms with Crippen molar-refractivity contribution in [1.82, 2.24) is 29.9 Å². The number of hydrogen-bond donors (Lipinski definition) is 3. The number of carbonyl (C=O) groups excluding carboxylic acids is 2. The van der Waals surface area contributed by atoms with E-state index < -0.39 is 23.5 Å². The number of carbonyl (C=O) groups is 2. The summed E-state index contributed by atoms with van der Waals surface area (Å²) < 4.78 is 16.8. The zero-order chi connectivity index (χ0) is 26.3. The normalized spacial score (nSPS) is 17.1. The number of aromatic amines is 1. The number of anilines is 1. The van der Waals surface area contributed by atoms with Crippen LogP contribution in [0, 0.1) is 23.6 Å². The molecule has 2 aliphatic carbocycles. The van der Waals surface area contributed by atoms with Crippen molar-refractivity contribution >= 4 is 17.5 Å². The van der Waals surface area contributed by atoms with Gasteiger partial charge in [0.15, 0.2) is 0 Å². The molecule has 3 heterocycles. The summed E-state index contributed by atoms with van der Waals surface area (Å²) in [5.74, 6) is -0.275. The molecule has 2 fully saturated rings. The van der Waals surface area contributed by atoms with E-state index in [0.29, 0.717) is 23.2 Å². The van der Waals surface area contributed by atoms with Gasteiger partial charge in [0.2, 0.25) is 5.91 Å². The molecule has 37 heavy (non-hydrogen) atoms. The minimum Gasteiger partial charge on any atom is -0.339 e. The lowest BCUT2D eigenvalue weighted by Crippen LogP contribution is -2.50. The van der Waals surface area contributed by atoms with Gasteiger partial charge in [-0.3, -0.25) is 23.7 Å². The van der Waals surface area contributed by atoms with Crippen LogP contribution in [0.4, 0.5) is 10.1 Å². The lowest BCUT2D eigenvalue weighted by molar-refractivity contribution is -0.119. The monoisotopic (exact) mass is 509 g/mol. The van der Waals surface area contributed by atoms with Crippen molar-refractivity contribution in [3.8, 4) is 0 Å². The molecule has 0 aromatic carbocycles. The minimum atomic E-state index is -0.699. The number of amides is 2. The van der Waals surface area contributed by atoms with Crippen LogP contribution < -0.4 is 16.2 Å². The third kappa shape index (κ3) is 5.35. The molecule has 2 saturated carbocycles. The van der Waals surface area contributed by atoms with E-state index in [1.165, 1.54) is 16.9 Å². The number of hydrogen-bond acceptors (Lipinski definition) is 5. The second-order valence-corrected chi connectivity index (χ2v) is 10.4. The Bertz CT molecular complexity index is 1340. The molecule has 2 unspecified atom stereocenters.